The predicted molar refractivity (Wildman–Crippen MR) is 105 cm³/mol. The van der Waals surface area contributed by atoms with Gasteiger partial charge in [0.05, 0.1) is 6.61 Å². The van der Waals surface area contributed by atoms with Gasteiger partial charge in [-0.05, 0) is 43.7 Å². The molecular formula is C19H32ClN3O2. The van der Waals surface area contributed by atoms with E-state index < -0.39 is 0 Å². The lowest BCUT2D eigenvalue weighted by atomic mass is 10.2. The Bertz CT molecular complexity index is 476. The second kappa shape index (κ2) is 13.0. The molecule has 0 spiro atoms. The van der Waals surface area contributed by atoms with Gasteiger partial charge in [0.2, 0.25) is 0 Å². The lowest BCUT2D eigenvalue weighted by molar-refractivity contribution is 0.0951. The maximum atomic E-state index is 12.1. The van der Waals surface area contributed by atoms with Gasteiger partial charge < -0.3 is 20.3 Å². The van der Waals surface area contributed by atoms with Crippen LogP contribution in [0.3, 0.4) is 0 Å². The van der Waals surface area contributed by atoms with Gasteiger partial charge >= 0.3 is 0 Å². The molecule has 0 saturated carbocycles. The summed E-state index contributed by atoms with van der Waals surface area (Å²) in [5, 5.41) is 6.34. The van der Waals surface area contributed by atoms with Gasteiger partial charge in [0.1, 0.15) is 5.75 Å². The van der Waals surface area contributed by atoms with Crippen LogP contribution in [0.2, 0.25) is 0 Å². The summed E-state index contributed by atoms with van der Waals surface area (Å²) < 4.78 is 5.67. The Morgan fingerprint density at radius 2 is 1.88 bits per heavy atom. The summed E-state index contributed by atoms with van der Waals surface area (Å²) >= 11 is 0. The number of nitrogens with zero attached hydrogens (tertiary/aromatic N) is 1. The Morgan fingerprint density at radius 1 is 1.16 bits per heavy atom. The summed E-state index contributed by atoms with van der Waals surface area (Å²) in [5.74, 6) is 0.828. The molecule has 142 valence electrons. The predicted octanol–water partition coefficient (Wildman–Crippen LogP) is 2.70. The minimum Gasteiger partial charge on any atom is -0.494 e. The van der Waals surface area contributed by atoms with E-state index in [0.717, 1.165) is 64.5 Å². The van der Waals surface area contributed by atoms with Gasteiger partial charge in [-0.2, -0.15) is 0 Å². The second-order valence-corrected chi connectivity index (χ2v) is 6.28. The fraction of sp³-hybridized carbons (Fsp3) is 0.632. The van der Waals surface area contributed by atoms with E-state index in [0.29, 0.717) is 5.56 Å². The van der Waals surface area contributed by atoms with E-state index in [-0.39, 0.29) is 18.3 Å². The van der Waals surface area contributed by atoms with Crippen LogP contribution in [0.1, 0.15) is 43.0 Å². The lowest BCUT2D eigenvalue weighted by Crippen LogP contribution is -2.44. The molecule has 1 saturated heterocycles. The zero-order valence-electron chi connectivity index (χ0n) is 15.3. The minimum atomic E-state index is -0.00663. The van der Waals surface area contributed by atoms with Crippen molar-refractivity contribution in [1.29, 1.82) is 0 Å². The SMILES string of the molecule is CCCCCOc1ccc(C(=O)NCCCN2CCNCC2)cc1.Cl. The van der Waals surface area contributed by atoms with Gasteiger partial charge in [-0.15, -0.1) is 12.4 Å². The van der Waals surface area contributed by atoms with Crippen LogP contribution in [0.25, 0.3) is 0 Å². The molecule has 1 aliphatic heterocycles. The Morgan fingerprint density at radius 3 is 2.56 bits per heavy atom. The zero-order valence-corrected chi connectivity index (χ0v) is 16.1. The molecule has 1 amide bonds. The van der Waals surface area contributed by atoms with Gasteiger partial charge in [0.15, 0.2) is 0 Å². The number of benzene rings is 1. The number of hydrogen-bond donors (Lipinski definition) is 2. The number of halogens is 1. The first kappa shape index (κ1) is 21.7. The number of piperazine rings is 1. The molecule has 1 heterocycles. The van der Waals surface area contributed by atoms with Crippen LogP contribution in [-0.4, -0.2) is 56.7 Å². The average Bonchev–Trinajstić information content (AvgIpc) is 2.63. The number of ether oxygens (including phenoxy) is 1. The third-order valence-corrected chi connectivity index (χ3v) is 4.28. The molecule has 1 fully saturated rings. The van der Waals surface area contributed by atoms with Gasteiger partial charge in [-0.25, -0.2) is 0 Å². The van der Waals surface area contributed by atoms with Crippen LogP contribution >= 0.6 is 12.4 Å². The summed E-state index contributed by atoms with van der Waals surface area (Å²) in [7, 11) is 0. The first-order valence-corrected chi connectivity index (χ1v) is 9.23. The number of hydrogen-bond acceptors (Lipinski definition) is 4. The van der Waals surface area contributed by atoms with E-state index in [1.54, 1.807) is 0 Å². The van der Waals surface area contributed by atoms with Crippen LogP contribution in [0, 0.1) is 0 Å². The van der Waals surface area contributed by atoms with Crippen LogP contribution in [0.15, 0.2) is 24.3 Å². The Labute approximate surface area is 157 Å². The van der Waals surface area contributed by atoms with Crippen molar-refractivity contribution >= 4 is 18.3 Å². The summed E-state index contributed by atoms with van der Waals surface area (Å²) in [6.45, 7) is 9.03. The Kier molecular flexibility index (Phi) is 11.3. The standard InChI is InChI=1S/C19H31N3O2.ClH/c1-2-3-4-16-24-18-8-6-17(7-9-18)19(23)21-10-5-13-22-14-11-20-12-15-22;/h6-9,20H,2-5,10-16H2,1H3,(H,21,23);1H. The topological polar surface area (TPSA) is 53.6 Å². The van der Waals surface area contributed by atoms with E-state index in [1.165, 1.54) is 12.8 Å². The highest BCUT2D eigenvalue weighted by atomic mass is 35.5. The van der Waals surface area contributed by atoms with Gasteiger partial charge in [-0.1, -0.05) is 19.8 Å². The molecule has 2 rings (SSSR count). The Hall–Kier alpha value is -1.30. The second-order valence-electron chi connectivity index (χ2n) is 6.28. The van der Waals surface area contributed by atoms with E-state index in [2.05, 4.69) is 22.5 Å². The number of rotatable bonds is 10. The van der Waals surface area contributed by atoms with E-state index in [9.17, 15) is 4.79 Å². The van der Waals surface area contributed by atoms with Crippen molar-refractivity contribution in [2.24, 2.45) is 0 Å². The smallest absolute Gasteiger partial charge is 0.251 e. The van der Waals surface area contributed by atoms with Crippen LogP contribution in [0.5, 0.6) is 5.75 Å². The van der Waals surface area contributed by atoms with Crippen molar-refractivity contribution < 1.29 is 9.53 Å². The monoisotopic (exact) mass is 369 g/mol. The molecule has 1 aliphatic rings. The molecular weight excluding hydrogens is 338 g/mol. The van der Waals surface area contributed by atoms with Crippen LogP contribution in [0.4, 0.5) is 0 Å². The van der Waals surface area contributed by atoms with Crippen LogP contribution in [-0.2, 0) is 0 Å². The minimum absolute atomic E-state index is 0. The van der Waals surface area contributed by atoms with E-state index in [4.69, 9.17) is 4.74 Å². The molecule has 1 aromatic carbocycles. The first-order valence-electron chi connectivity index (χ1n) is 9.23. The summed E-state index contributed by atoms with van der Waals surface area (Å²) in [5.41, 5.74) is 0.693. The van der Waals surface area contributed by atoms with Crippen molar-refractivity contribution in [2.75, 3.05) is 45.9 Å². The molecule has 6 heteroatoms. The van der Waals surface area contributed by atoms with Gasteiger partial charge in [0, 0.05) is 38.3 Å². The van der Waals surface area contributed by atoms with Crippen molar-refractivity contribution in [3.8, 4) is 5.75 Å². The third kappa shape index (κ3) is 8.56. The van der Waals surface area contributed by atoms with Gasteiger partial charge in [-0.3, -0.25) is 4.79 Å². The number of nitrogens with one attached hydrogen (secondary N) is 2. The van der Waals surface area contributed by atoms with E-state index in [1.807, 2.05) is 24.3 Å². The van der Waals surface area contributed by atoms with Crippen LogP contribution < -0.4 is 15.4 Å². The Balaban J connectivity index is 0.00000312. The van der Waals surface area contributed by atoms with Crippen molar-refractivity contribution in [3.63, 3.8) is 0 Å². The number of unbranched alkanes of at least 4 members (excludes halogenated alkanes) is 2. The van der Waals surface area contributed by atoms with Crippen molar-refractivity contribution in [1.82, 2.24) is 15.5 Å². The molecule has 0 unspecified atom stereocenters. The number of carbonyl (C=O) groups excluding carboxylic acids is 1. The molecule has 25 heavy (non-hydrogen) atoms. The molecule has 5 nitrogen and oxygen atoms in total. The maximum Gasteiger partial charge on any atom is 0.251 e. The molecule has 0 aromatic heterocycles. The van der Waals surface area contributed by atoms with Gasteiger partial charge in [0.25, 0.3) is 5.91 Å². The summed E-state index contributed by atoms with van der Waals surface area (Å²) in [4.78, 5) is 14.6. The van der Waals surface area contributed by atoms with Crippen molar-refractivity contribution in [3.05, 3.63) is 29.8 Å². The molecule has 0 bridgehead atoms. The third-order valence-electron chi connectivity index (χ3n) is 4.28. The quantitative estimate of drug-likeness (QED) is 0.623. The highest BCUT2D eigenvalue weighted by molar-refractivity contribution is 5.94. The van der Waals surface area contributed by atoms with E-state index >= 15 is 0 Å². The average molecular weight is 370 g/mol. The molecule has 2 N–H and O–H groups in total. The molecule has 0 atom stereocenters. The molecule has 0 radical (unpaired) electrons. The molecule has 0 aliphatic carbocycles. The molecule has 1 aromatic rings. The maximum absolute atomic E-state index is 12.1. The van der Waals surface area contributed by atoms with Crippen molar-refractivity contribution in [2.45, 2.75) is 32.6 Å². The fourth-order valence-corrected chi connectivity index (χ4v) is 2.79. The number of carbonyl (C=O) groups is 1. The number of amides is 1. The zero-order chi connectivity index (χ0) is 17.0. The normalized spacial score (nSPS) is 14.6. The highest BCUT2D eigenvalue weighted by Crippen LogP contribution is 2.13. The highest BCUT2D eigenvalue weighted by Gasteiger charge is 2.09. The summed E-state index contributed by atoms with van der Waals surface area (Å²) in [6.07, 6.45) is 4.45. The summed E-state index contributed by atoms with van der Waals surface area (Å²) in [6, 6.07) is 7.42. The lowest BCUT2D eigenvalue weighted by Gasteiger charge is -2.27. The largest absolute Gasteiger partial charge is 0.494 e. The fourth-order valence-electron chi connectivity index (χ4n) is 2.79. The first-order chi connectivity index (χ1) is 11.8.